The number of esters is 1. The Labute approximate surface area is 90.6 Å². The molecular formula is C10H7NO5. The lowest BCUT2D eigenvalue weighted by Crippen LogP contribution is -1.94. The van der Waals surface area contributed by atoms with Gasteiger partial charge in [-0.3, -0.25) is 10.1 Å². The molecule has 0 atom stereocenters. The predicted octanol–water partition coefficient (Wildman–Crippen LogP) is 0.825. The number of methoxy groups -OCH3 is 1. The minimum Gasteiger partial charge on any atom is -0.502 e. The molecule has 1 aromatic carbocycles. The van der Waals surface area contributed by atoms with E-state index in [2.05, 4.69) is 16.6 Å². The number of rotatable bonds is 1. The summed E-state index contributed by atoms with van der Waals surface area (Å²) in [6.45, 7) is 0. The summed E-state index contributed by atoms with van der Waals surface area (Å²) < 4.78 is 4.28. The Morgan fingerprint density at radius 3 is 2.81 bits per heavy atom. The zero-order valence-electron chi connectivity index (χ0n) is 8.26. The summed E-state index contributed by atoms with van der Waals surface area (Å²) in [6, 6.07) is 3.57. The van der Waals surface area contributed by atoms with E-state index in [1.807, 2.05) is 0 Å². The Hall–Kier alpha value is -2.55. The van der Waals surface area contributed by atoms with Gasteiger partial charge in [0.15, 0.2) is 5.75 Å². The number of carbonyl (C=O) groups excluding carboxylic acids is 1. The fourth-order valence-corrected chi connectivity index (χ4v) is 0.922. The smallest absolute Gasteiger partial charge is 0.384 e. The van der Waals surface area contributed by atoms with Crippen molar-refractivity contribution >= 4 is 11.7 Å². The van der Waals surface area contributed by atoms with Gasteiger partial charge in [0.2, 0.25) is 0 Å². The standard InChI is InChI=1S/C10H7NO5/c1-16-10(13)5-3-7-2-4-9(12)8(6-7)11(14)15/h2,4,6,12H,1H3. The molecule has 16 heavy (non-hydrogen) atoms. The molecule has 6 heteroatoms. The van der Waals surface area contributed by atoms with Crippen molar-refractivity contribution < 1.29 is 19.6 Å². The highest BCUT2D eigenvalue weighted by Gasteiger charge is 2.12. The third-order valence-corrected chi connectivity index (χ3v) is 1.67. The maximum Gasteiger partial charge on any atom is 0.384 e. The summed E-state index contributed by atoms with van der Waals surface area (Å²) in [5.74, 6) is 3.31. The number of ether oxygens (including phenoxy) is 1. The Balaban J connectivity index is 3.07. The van der Waals surface area contributed by atoms with E-state index in [0.717, 1.165) is 12.1 Å². The van der Waals surface area contributed by atoms with Crippen molar-refractivity contribution in [3.05, 3.63) is 33.9 Å². The normalized spacial score (nSPS) is 8.81. The third-order valence-electron chi connectivity index (χ3n) is 1.67. The van der Waals surface area contributed by atoms with Crippen LogP contribution in [0, 0.1) is 22.0 Å². The van der Waals surface area contributed by atoms with Crippen molar-refractivity contribution in [2.75, 3.05) is 7.11 Å². The molecule has 0 aliphatic rings. The summed E-state index contributed by atoms with van der Waals surface area (Å²) in [4.78, 5) is 20.4. The maximum atomic E-state index is 10.7. The highest BCUT2D eigenvalue weighted by Crippen LogP contribution is 2.25. The van der Waals surface area contributed by atoms with Gasteiger partial charge >= 0.3 is 11.7 Å². The van der Waals surface area contributed by atoms with Gasteiger partial charge < -0.3 is 9.84 Å². The molecule has 0 aromatic heterocycles. The number of hydrogen-bond acceptors (Lipinski definition) is 5. The molecule has 0 spiro atoms. The number of nitrogens with zero attached hydrogens (tertiary/aromatic N) is 1. The fourth-order valence-electron chi connectivity index (χ4n) is 0.922. The minimum atomic E-state index is -0.740. The van der Waals surface area contributed by atoms with Crippen molar-refractivity contribution in [3.63, 3.8) is 0 Å². The van der Waals surface area contributed by atoms with Gasteiger partial charge in [0.1, 0.15) is 0 Å². The van der Waals surface area contributed by atoms with Crippen molar-refractivity contribution in [1.29, 1.82) is 0 Å². The lowest BCUT2D eigenvalue weighted by Gasteiger charge is -1.95. The van der Waals surface area contributed by atoms with Crippen LogP contribution in [-0.4, -0.2) is 23.1 Å². The second kappa shape index (κ2) is 4.79. The van der Waals surface area contributed by atoms with Crippen LogP contribution in [0.25, 0.3) is 0 Å². The summed E-state index contributed by atoms with van der Waals surface area (Å²) in [7, 11) is 1.18. The lowest BCUT2D eigenvalue weighted by atomic mass is 10.2. The highest BCUT2D eigenvalue weighted by atomic mass is 16.6. The first-order valence-corrected chi connectivity index (χ1v) is 4.12. The first-order valence-electron chi connectivity index (χ1n) is 4.12. The third kappa shape index (κ3) is 2.72. The van der Waals surface area contributed by atoms with E-state index in [-0.39, 0.29) is 5.56 Å². The van der Waals surface area contributed by atoms with Gasteiger partial charge in [0, 0.05) is 17.6 Å². The molecule has 0 saturated carbocycles. The molecule has 0 saturated heterocycles. The molecule has 1 rings (SSSR count). The van der Waals surface area contributed by atoms with Gasteiger partial charge in [0.25, 0.3) is 0 Å². The van der Waals surface area contributed by atoms with Crippen molar-refractivity contribution in [2.24, 2.45) is 0 Å². The predicted molar refractivity (Wildman–Crippen MR) is 53.7 cm³/mol. The van der Waals surface area contributed by atoms with Gasteiger partial charge in [0.05, 0.1) is 12.0 Å². The molecular weight excluding hydrogens is 214 g/mol. The number of hydrogen-bond donors (Lipinski definition) is 1. The maximum absolute atomic E-state index is 10.7. The quantitative estimate of drug-likeness (QED) is 0.328. The van der Waals surface area contributed by atoms with Gasteiger partial charge in [-0.15, -0.1) is 0 Å². The van der Waals surface area contributed by atoms with Crippen LogP contribution < -0.4 is 0 Å². The summed E-state index contributed by atoms with van der Waals surface area (Å²) in [6.07, 6.45) is 0. The molecule has 0 heterocycles. The van der Waals surface area contributed by atoms with Crippen LogP contribution in [0.3, 0.4) is 0 Å². The van der Waals surface area contributed by atoms with E-state index in [4.69, 9.17) is 5.11 Å². The topological polar surface area (TPSA) is 89.7 Å². The van der Waals surface area contributed by atoms with Crippen molar-refractivity contribution in [1.82, 2.24) is 0 Å². The van der Waals surface area contributed by atoms with E-state index < -0.39 is 22.3 Å². The molecule has 0 aliphatic carbocycles. The number of phenolic OH excluding ortho intramolecular Hbond substituents is 1. The average Bonchev–Trinajstić information content (AvgIpc) is 2.27. The molecule has 1 aromatic rings. The molecule has 1 N–H and O–H groups in total. The van der Waals surface area contributed by atoms with E-state index in [1.54, 1.807) is 0 Å². The van der Waals surface area contributed by atoms with Crippen LogP contribution in [0.5, 0.6) is 5.75 Å². The first-order chi connectivity index (χ1) is 7.54. The number of phenols is 1. The van der Waals surface area contributed by atoms with Crippen LogP contribution in [0.2, 0.25) is 0 Å². The van der Waals surface area contributed by atoms with Gasteiger partial charge in [-0.1, -0.05) is 5.92 Å². The summed E-state index contributed by atoms with van der Waals surface area (Å²) >= 11 is 0. The fraction of sp³-hybridized carbons (Fsp3) is 0.100. The summed E-state index contributed by atoms with van der Waals surface area (Å²) in [5, 5.41) is 19.6. The molecule has 0 fully saturated rings. The number of aromatic hydroxyl groups is 1. The molecule has 0 aliphatic heterocycles. The Morgan fingerprint density at radius 2 is 2.25 bits per heavy atom. The SMILES string of the molecule is COC(=O)C#Cc1ccc(O)c([N+](=O)[O-])c1. The van der Waals surface area contributed by atoms with Crippen LogP contribution >= 0.6 is 0 Å². The van der Waals surface area contributed by atoms with Crippen molar-refractivity contribution in [2.45, 2.75) is 0 Å². The average molecular weight is 221 g/mol. The molecule has 0 unspecified atom stereocenters. The highest BCUT2D eigenvalue weighted by molar-refractivity contribution is 5.89. The van der Waals surface area contributed by atoms with E-state index >= 15 is 0 Å². The zero-order chi connectivity index (χ0) is 12.1. The molecule has 6 nitrogen and oxygen atoms in total. The molecule has 0 amide bonds. The van der Waals surface area contributed by atoms with Crippen LogP contribution in [-0.2, 0) is 9.53 Å². The zero-order valence-corrected chi connectivity index (χ0v) is 8.26. The second-order valence-corrected chi connectivity index (χ2v) is 2.70. The number of nitro benzene ring substituents is 1. The Bertz CT molecular complexity index is 498. The molecule has 0 bridgehead atoms. The van der Waals surface area contributed by atoms with Crippen molar-refractivity contribution in [3.8, 4) is 17.6 Å². The lowest BCUT2D eigenvalue weighted by molar-refractivity contribution is -0.385. The number of nitro groups is 1. The van der Waals surface area contributed by atoms with Gasteiger partial charge in [-0.2, -0.15) is 0 Å². The van der Waals surface area contributed by atoms with E-state index in [9.17, 15) is 14.9 Å². The van der Waals surface area contributed by atoms with Crippen LogP contribution in [0.1, 0.15) is 5.56 Å². The monoisotopic (exact) mass is 221 g/mol. The second-order valence-electron chi connectivity index (χ2n) is 2.70. The largest absolute Gasteiger partial charge is 0.502 e. The molecule has 0 radical (unpaired) electrons. The Morgan fingerprint density at radius 1 is 1.56 bits per heavy atom. The molecule has 82 valence electrons. The Kier molecular flexibility index (Phi) is 3.45. The number of carbonyl (C=O) groups is 1. The van der Waals surface area contributed by atoms with E-state index in [1.165, 1.54) is 13.2 Å². The van der Waals surface area contributed by atoms with Gasteiger partial charge in [-0.05, 0) is 12.1 Å². The van der Waals surface area contributed by atoms with E-state index in [0.29, 0.717) is 0 Å². The minimum absolute atomic E-state index is 0.245. The number of benzene rings is 1. The first kappa shape index (κ1) is 11.5. The van der Waals surface area contributed by atoms with Gasteiger partial charge in [-0.25, -0.2) is 4.79 Å². The summed E-state index contributed by atoms with van der Waals surface area (Å²) in [5.41, 5.74) is -0.216. The van der Waals surface area contributed by atoms with Crippen LogP contribution in [0.15, 0.2) is 18.2 Å². The van der Waals surface area contributed by atoms with Crippen LogP contribution in [0.4, 0.5) is 5.69 Å².